The van der Waals surface area contributed by atoms with Crippen molar-refractivity contribution in [2.24, 2.45) is 0 Å². The van der Waals surface area contributed by atoms with E-state index < -0.39 is 35.0 Å². The molecule has 0 saturated carbocycles. The number of benzene rings is 1. The van der Waals surface area contributed by atoms with Crippen molar-refractivity contribution in [1.82, 2.24) is 14.9 Å². The van der Waals surface area contributed by atoms with Gasteiger partial charge in [-0.3, -0.25) is 4.79 Å². The lowest BCUT2D eigenvalue weighted by atomic mass is 9.83. The number of aromatic amines is 1. The molecule has 0 fully saturated rings. The fourth-order valence-corrected chi connectivity index (χ4v) is 3.90. The van der Waals surface area contributed by atoms with Crippen molar-refractivity contribution >= 4 is 29.1 Å². The first kappa shape index (κ1) is 28.1. The van der Waals surface area contributed by atoms with Gasteiger partial charge in [0.15, 0.2) is 22.5 Å². The zero-order valence-corrected chi connectivity index (χ0v) is 21.6. The molecule has 1 aliphatic rings. The van der Waals surface area contributed by atoms with Crippen LogP contribution in [0.25, 0.3) is 5.57 Å². The maximum Gasteiger partial charge on any atom is 0.342 e. The highest BCUT2D eigenvalue weighted by Crippen LogP contribution is 2.35. The second-order valence-electron chi connectivity index (χ2n) is 9.19. The summed E-state index contributed by atoms with van der Waals surface area (Å²) in [7, 11) is 0. The zero-order chi connectivity index (χ0) is 27.3. The Morgan fingerprint density at radius 3 is 2.62 bits per heavy atom. The molecule has 3 rings (SSSR count). The number of aliphatic hydroxyl groups is 1. The van der Waals surface area contributed by atoms with Gasteiger partial charge in [-0.25, -0.2) is 18.6 Å². The number of hydrogen-bond donors (Lipinski definition) is 2. The van der Waals surface area contributed by atoms with Crippen molar-refractivity contribution in [1.29, 1.82) is 0 Å². The average molecular weight is 536 g/mol. The Bertz CT molecular complexity index is 1270. The molecule has 2 aromatic rings. The maximum atomic E-state index is 13.9. The number of aliphatic hydroxyl groups excluding tert-OH is 1. The minimum absolute atomic E-state index is 0.00301. The van der Waals surface area contributed by atoms with E-state index in [0.717, 1.165) is 12.1 Å². The van der Waals surface area contributed by atoms with E-state index in [-0.39, 0.29) is 41.8 Å². The molecule has 0 atom stereocenters. The van der Waals surface area contributed by atoms with Gasteiger partial charge in [-0.05, 0) is 38.1 Å². The third-order valence-electron chi connectivity index (χ3n) is 5.43. The summed E-state index contributed by atoms with van der Waals surface area (Å²) in [6, 6.07) is 4.34. The number of fused-ring (bicyclic) bond motifs is 1. The lowest BCUT2D eigenvalue weighted by Gasteiger charge is -2.29. The molecule has 0 aliphatic carbocycles. The summed E-state index contributed by atoms with van der Waals surface area (Å²) in [5, 5.41) is 9.08. The SMILES string of the molecule is CC(C)OC(=O)C1=CN(C(=O)c2ccc(F)c(F)c2)CC(C)(C)c2cnc(Cl)c(OCCO)cc[nH]c21. The number of aromatic nitrogens is 2. The number of halogens is 3. The van der Waals surface area contributed by atoms with Gasteiger partial charge in [0.1, 0.15) is 6.61 Å². The van der Waals surface area contributed by atoms with Crippen LogP contribution < -0.4 is 4.74 Å². The first-order valence-corrected chi connectivity index (χ1v) is 11.9. The van der Waals surface area contributed by atoms with Crippen molar-refractivity contribution in [2.45, 2.75) is 39.2 Å². The molecule has 0 spiro atoms. The highest BCUT2D eigenvalue weighted by Gasteiger charge is 2.35. The summed E-state index contributed by atoms with van der Waals surface area (Å²) in [6.07, 6.45) is 3.81. The predicted molar refractivity (Wildman–Crippen MR) is 133 cm³/mol. The van der Waals surface area contributed by atoms with Crippen LogP contribution in [0.1, 0.15) is 49.3 Å². The summed E-state index contributed by atoms with van der Waals surface area (Å²) in [4.78, 5) is 35.2. The summed E-state index contributed by atoms with van der Waals surface area (Å²) < 4.78 is 38.2. The Labute approximate surface area is 218 Å². The Kier molecular flexibility index (Phi) is 8.88. The van der Waals surface area contributed by atoms with Crippen molar-refractivity contribution in [2.75, 3.05) is 19.8 Å². The van der Waals surface area contributed by atoms with Crippen LogP contribution in [-0.4, -0.2) is 57.7 Å². The fourth-order valence-electron chi connectivity index (χ4n) is 3.73. The third kappa shape index (κ3) is 6.64. The number of carbonyl (C=O) groups is 2. The Hall–Kier alpha value is -3.50. The summed E-state index contributed by atoms with van der Waals surface area (Å²) >= 11 is 6.32. The molecule has 0 bridgehead atoms. The second-order valence-corrected chi connectivity index (χ2v) is 9.55. The summed E-state index contributed by atoms with van der Waals surface area (Å²) in [5.41, 5.74) is -0.0721. The Morgan fingerprint density at radius 2 is 1.97 bits per heavy atom. The van der Waals surface area contributed by atoms with Gasteiger partial charge in [-0.1, -0.05) is 25.4 Å². The van der Waals surface area contributed by atoms with Crippen LogP contribution in [0.3, 0.4) is 0 Å². The average Bonchev–Trinajstić information content (AvgIpc) is 2.87. The third-order valence-corrected chi connectivity index (χ3v) is 5.71. The number of nitrogens with one attached hydrogen (secondary N) is 1. The van der Waals surface area contributed by atoms with E-state index in [2.05, 4.69) is 9.97 Å². The molecule has 0 radical (unpaired) electrons. The van der Waals surface area contributed by atoms with Gasteiger partial charge in [-0.15, -0.1) is 0 Å². The van der Waals surface area contributed by atoms with E-state index in [1.807, 2.05) is 13.8 Å². The maximum absolute atomic E-state index is 13.9. The van der Waals surface area contributed by atoms with Crippen molar-refractivity contribution in [3.63, 3.8) is 0 Å². The van der Waals surface area contributed by atoms with E-state index in [0.29, 0.717) is 11.3 Å². The molecule has 2 N–H and O–H groups in total. The Balaban J connectivity index is 2.23. The summed E-state index contributed by atoms with van der Waals surface area (Å²) in [5.74, 6) is -3.40. The van der Waals surface area contributed by atoms with E-state index in [1.54, 1.807) is 13.8 Å². The lowest BCUT2D eigenvalue weighted by Crippen LogP contribution is -2.37. The molecule has 8 nitrogen and oxygen atoms in total. The molecule has 1 amide bonds. The van der Waals surface area contributed by atoms with Crippen molar-refractivity contribution < 1.29 is 33.0 Å². The molecule has 0 unspecified atom stereocenters. The van der Waals surface area contributed by atoms with Gasteiger partial charge in [-0.2, -0.15) is 0 Å². The van der Waals surface area contributed by atoms with Gasteiger partial charge in [0.2, 0.25) is 0 Å². The van der Waals surface area contributed by atoms with Gasteiger partial charge in [0.05, 0.1) is 24.0 Å². The number of amides is 1. The van der Waals surface area contributed by atoms with E-state index >= 15 is 0 Å². The molecule has 37 heavy (non-hydrogen) atoms. The highest BCUT2D eigenvalue weighted by atomic mass is 35.5. The highest BCUT2D eigenvalue weighted by molar-refractivity contribution is 6.30. The molecule has 11 heteroatoms. The number of rotatable bonds is 6. The topological polar surface area (TPSA) is 105 Å². The number of nitrogens with zero attached hydrogens (tertiary/aromatic N) is 2. The van der Waals surface area contributed by atoms with Crippen LogP contribution in [0.5, 0.6) is 5.75 Å². The van der Waals surface area contributed by atoms with Crippen LogP contribution in [0.4, 0.5) is 8.78 Å². The van der Waals surface area contributed by atoms with E-state index in [1.165, 1.54) is 35.6 Å². The molecule has 198 valence electrons. The largest absolute Gasteiger partial charge is 0.488 e. The minimum Gasteiger partial charge on any atom is -0.488 e. The standard InChI is InChI=1S/C26H28ClF2N3O5/c1-15(2)37-25(35)17-13-32(24(34)16-5-6-19(28)20(29)11-16)14-26(3,4)18-12-31-23(27)21(36-10-9-33)7-8-30-22(17)18/h5-8,11-13,15,30,33H,9-10,14H2,1-4H3. The molecule has 0 saturated heterocycles. The first-order chi connectivity index (χ1) is 17.4. The number of esters is 1. The quantitative estimate of drug-likeness (QED) is 0.525. The van der Waals surface area contributed by atoms with E-state index in [4.69, 9.17) is 26.2 Å². The van der Waals surface area contributed by atoms with Crippen molar-refractivity contribution in [3.05, 3.63) is 76.5 Å². The van der Waals surface area contributed by atoms with Gasteiger partial charge < -0.3 is 24.5 Å². The number of ether oxygens (including phenoxy) is 2. The fraction of sp³-hybridized carbons (Fsp3) is 0.346. The smallest absolute Gasteiger partial charge is 0.342 e. The minimum atomic E-state index is -1.16. The zero-order valence-electron chi connectivity index (χ0n) is 20.8. The number of H-pyrrole nitrogens is 1. The molecule has 1 aromatic heterocycles. The summed E-state index contributed by atoms with van der Waals surface area (Å²) in [6.45, 7) is 6.85. The predicted octanol–water partition coefficient (Wildman–Crippen LogP) is 4.56. The monoisotopic (exact) mass is 535 g/mol. The van der Waals surface area contributed by atoms with E-state index in [9.17, 15) is 18.4 Å². The second kappa shape index (κ2) is 11.7. The molecule has 2 heterocycles. The van der Waals surface area contributed by atoms with Crippen LogP contribution in [0.2, 0.25) is 5.15 Å². The molecular formula is C26H28ClF2N3O5. The van der Waals surface area contributed by atoms with Crippen LogP contribution >= 0.6 is 11.6 Å². The van der Waals surface area contributed by atoms with Crippen LogP contribution in [0.15, 0.2) is 42.9 Å². The lowest BCUT2D eigenvalue weighted by molar-refractivity contribution is -0.140. The Morgan fingerprint density at radius 1 is 1.24 bits per heavy atom. The van der Waals surface area contributed by atoms with Gasteiger partial charge in [0.25, 0.3) is 5.91 Å². The van der Waals surface area contributed by atoms with Crippen LogP contribution in [0, 0.1) is 11.6 Å². The number of hydrogen-bond acceptors (Lipinski definition) is 6. The first-order valence-electron chi connectivity index (χ1n) is 11.5. The van der Waals surface area contributed by atoms with Gasteiger partial charge >= 0.3 is 5.97 Å². The normalized spacial score (nSPS) is 14.3. The number of carbonyl (C=O) groups excluding carboxylic acids is 2. The van der Waals surface area contributed by atoms with Crippen molar-refractivity contribution in [3.8, 4) is 5.75 Å². The molecular weight excluding hydrogens is 508 g/mol. The van der Waals surface area contributed by atoms with Gasteiger partial charge in [0, 0.05) is 41.7 Å². The molecule has 1 aromatic carbocycles. The van der Waals surface area contributed by atoms with Crippen LogP contribution in [-0.2, 0) is 14.9 Å². The molecule has 1 aliphatic heterocycles.